The van der Waals surface area contributed by atoms with E-state index in [-0.39, 0.29) is 5.82 Å². The Morgan fingerprint density at radius 3 is 2.65 bits per heavy atom. The maximum atomic E-state index is 13.8. The fourth-order valence-electron chi connectivity index (χ4n) is 5.80. The van der Waals surface area contributed by atoms with Gasteiger partial charge in [-0.15, -0.1) is 0 Å². The van der Waals surface area contributed by atoms with Crippen LogP contribution < -0.4 is 4.74 Å². The van der Waals surface area contributed by atoms with Crippen molar-refractivity contribution in [1.82, 2.24) is 24.6 Å². The van der Waals surface area contributed by atoms with Crippen LogP contribution >= 0.6 is 0 Å². The molecule has 0 unspecified atom stereocenters. The average molecular weight is 590 g/mol. The molecule has 11 heteroatoms. The highest BCUT2D eigenvalue weighted by Crippen LogP contribution is 2.35. The van der Waals surface area contributed by atoms with E-state index in [2.05, 4.69) is 32.1 Å². The van der Waals surface area contributed by atoms with Crippen molar-refractivity contribution in [3.63, 3.8) is 0 Å². The molecular formula is C32H30F3N5O3. The number of alkyl halides is 3. The Labute approximate surface area is 246 Å². The van der Waals surface area contributed by atoms with Crippen LogP contribution in [0.25, 0.3) is 11.4 Å². The molecule has 0 radical (unpaired) electrons. The predicted molar refractivity (Wildman–Crippen MR) is 153 cm³/mol. The second-order valence-corrected chi connectivity index (χ2v) is 10.8. The summed E-state index contributed by atoms with van der Waals surface area (Å²) in [5.41, 5.74) is 3.84. The standard InChI is InChI=1S/C32H30F3N5O3/c33-32(34,35)30-27(31(41)42)17-37-40(30)29-10-5-9-28(38-29)26-8-2-1-6-23(26)20-43-25-12-11-22-18-39(15-13-21(22)16-25)19-24-7-3-4-14-36-24/h3-5,7,9-12,14,16-17H,1-2,6,8,13,15,18-20H2,(H,41,42). The first-order valence-electron chi connectivity index (χ1n) is 14.2. The fraction of sp³-hybridized carbons (Fsp3) is 0.312. The number of aromatic nitrogens is 4. The zero-order valence-corrected chi connectivity index (χ0v) is 23.3. The number of rotatable bonds is 8. The second-order valence-electron chi connectivity index (χ2n) is 10.8. The molecular weight excluding hydrogens is 559 g/mol. The summed E-state index contributed by atoms with van der Waals surface area (Å²) in [4.78, 5) is 22.7. The van der Waals surface area contributed by atoms with Gasteiger partial charge in [-0.3, -0.25) is 9.88 Å². The van der Waals surface area contributed by atoms with Crippen LogP contribution in [0, 0.1) is 0 Å². The Kier molecular flexibility index (Phi) is 7.98. The minimum Gasteiger partial charge on any atom is -0.489 e. The van der Waals surface area contributed by atoms with Crippen LogP contribution in [-0.4, -0.2) is 48.9 Å². The van der Waals surface area contributed by atoms with Crippen LogP contribution in [0.3, 0.4) is 0 Å². The lowest BCUT2D eigenvalue weighted by atomic mass is 9.90. The third-order valence-electron chi connectivity index (χ3n) is 7.90. The van der Waals surface area contributed by atoms with Gasteiger partial charge in [0.05, 0.1) is 17.6 Å². The molecule has 0 fully saturated rings. The number of allylic oxidation sites excluding steroid dienone is 1. The molecule has 0 spiro atoms. The van der Waals surface area contributed by atoms with E-state index in [9.17, 15) is 23.1 Å². The monoisotopic (exact) mass is 589 g/mol. The highest BCUT2D eigenvalue weighted by atomic mass is 19.4. The molecule has 6 rings (SSSR count). The van der Waals surface area contributed by atoms with Gasteiger partial charge in [0, 0.05) is 25.8 Å². The van der Waals surface area contributed by atoms with Gasteiger partial charge in [-0.2, -0.15) is 18.3 Å². The number of aromatic carboxylic acids is 1. The van der Waals surface area contributed by atoms with Crippen LogP contribution in [-0.2, 0) is 25.7 Å². The fourth-order valence-corrected chi connectivity index (χ4v) is 5.80. The summed E-state index contributed by atoms with van der Waals surface area (Å²) in [5.74, 6) is -1.01. The lowest BCUT2D eigenvalue weighted by Crippen LogP contribution is -2.30. The number of ether oxygens (including phenoxy) is 1. The van der Waals surface area contributed by atoms with E-state index in [1.54, 1.807) is 12.1 Å². The van der Waals surface area contributed by atoms with Gasteiger partial charge in [0.25, 0.3) is 0 Å². The van der Waals surface area contributed by atoms with E-state index >= 15 is 0 Å². The van der Waals surface area contributed by atoms with Crippen molar-refractivity contribution in [2.45, 2.75) is 51.4 Å². The lowest BCUT2D eigenvalue weighted by Gasteiger charge is -2.29. The van der Waals surface area contributed by atoms with Crippen molar-refractivity contribution in [3.05, 3.63) is 106 Å². The molecule has 1 aliphatic heterocycles. The molecule has 0 saturated heterocycles. The van der Waals surface area contributed by atoms with Crippen LogP contribution in [0.4, 0.5) is 13.2 Å². The van der Waals surface area contributed by atoms with Gasteiger partial charge in [-0.1, -0.05) is 18.2 Å². The summed E-state index contributed by atoms with van der Waals surface area (Å²) in [7, 11) is 0. The van der Waals surface area contributed by atoms with Gasteiger partial charge in [-0.25, -0.2) is 14.5 Å². The zero-order chi connectivity index (χ0) is 30.0. The van der Waals surface area contributed by atoms with Gasteiger partial charge < -0.3 is 9.84 Å². The van der Waals surface area contributed by atoms with E-state index in [1.807, 2.05) is 30.5 Å². The van der Waals surface area contributed by atoms with Crippen LogP contribution in [0.15, 0.2) is 72.6 Å². The largest absolute Gasteiger partial charge is 0.489 e. The quantitative estimate of drug-likeness (QED) is 0.256. The summed E-state index contributed by atoms with van der Waals surface area (Å²) >= 11 is 0. The maximum absolute atomic E-state index is 13.8. The topological polar surface area (TPSA) is 93.4 Å². The first kappa shape index (κ1) is 28.6. The van der Waals surface area contributed by atoms with Gasteiger partial charge in [-0.05, 0) is 90.8 Å². The molecule has 4 heterocycles. The van der Waals surface area contributed by atoms with Crippen molar-refractivity contribution >= 4 is 11.5 Å². The lowest BCUT2D eigenvalue weighted by molar-refractivity contribution is -0.143. The predicted octanol–water partition coefficient (Wildman–Crippen LogP) is 6.34. The summed E-state index contributed by atoms with van der Waals surface area (Å²) in [6.07, 6.45) is 1.95. The van der Waals surface area contributed by atoms with E-state index in [4.69, 9.17) is 4.74 Å². The summed E-state index contributed by atoms with van der Waals surface area (Å²) in [6.45, 7) is 2.95. The highest BCUT2D eigenvalue weighted by Gasteiger charge is 2.41. The Hall–Kier alpha value is -4.51. The molecule has 1 N–H and O–H groups in total. The van der Waals surface area contributed by atoms with Crippen molar-refractivity contribution in [3.8, 4) is 11.6 Å². The first-order valence-corrected chi connectivity index (χ1v) is 14.2. The van der Waals surface area contributed by atoms with Gasteiger partial charge in [0.2, 0.25) is 0 Å². The third kappa shape index (κ3) is 6.31. The number of benzene rings is 1. The molecule has 4 aromatic rings. The van der Waals surface area contributed by atoms with E-state index in [1.165, 1.54) is 17.2 Å². The number of pyridine rings is 2. The summed E-state index contributed by atoms with van der Waals surface area (Å²) < 4.78 is 48.2. The molecule has 0 bridgehead atoms. The van der Waals surface area contributed by atoms with Crippen LogP contribution in [0.2, 0.25) is 0 Å². The molecule has 0 saturated carbocycles. The minimum atomic E-state index is -4.92. The Balaban J connectivity index is 1.20. The van der Waals surface area contributed by atoms with Crippen LogP contribution in [0.5, 0.6) is 5.75 Å². The Morgan fingerprint density at radius 1 is 1.00 bits per heavy atom. The molecule has 1 aromatic carbocycles. The summed E-state index contributed by atoms with van der Waals surface area (Å²) in [5, 5.41) is 13.0. The Bertz CT molecular complexity index is 1670. The number of carboxylic acid groups (broad SMARTS) is 1. The normalized spacial score (nSPS) is 15.8. The number of halogens is 3. The second kappa shape index (κ2) is 12.0. The molecule has 222 valence electrons. The molecule has 0 atom stereocenters. The molecule has 1 aliphatic carbocycles. The highest BCUT2D eigenvalue weighted by molar-refractivity contribution is 5.89. The first-order chi connectivity index (χ1) is 20.8. The molecule has 3 aromatic heterocycles. The number of hydrogen-bond acceptors (Lipinski definition) is 6. The van der Waals surface area contributed by atoms with Crippen LogP contribution in [0.1, 0.15) is 64.2 Å². The molecule has 8 nitrogen and oxygen atoms in total. The third-order valence-corrected chi connectivity index (χ3v) is 7.90. The zero-order valence-electron chi connectivity index (χ0n) is 23.3. The van der Waals surface area contributed by atoms with Crippen molar-refractivity contribution in [2.75, 3.05) is 13.2 Å². The minimum absolute atomic E-state index is 0.0950. The number of hydrogen-bond donors (Lipinski definition) is 1. The SMILES string of the molecule is O=C(O)c1cnn(-c2cccc(C3=C(COc4ccc5c(c4)CCN(Cc4ccccn4)C5)CCCC3)n2)c1C(F)(F)F. The molecule has 43 heavy (non-hydrogen) atoms. The Morgan fingerprint density at radius 2 is 1.86 bits per heavy atom. The number of nitrogens with zero attached hydrogens (tertiary/aromatic N) is 5. The average Bonchev–Trinajstić information content (AvgIpc) is 3.48. The maximum Gasteiger partial charge on any atom is 0.434 e. The van der Waals surface area contributed by atoms with E-state index in [0.29, 0.717) is 23.2 Å². The van der Waals surface area contributed by atoms with Gasteiger partial charge in [0.15, 0.2) is 11.5 Å². The molecule has 0 amide bonds. The van der Waals surface area contributed by atoms with E-state index < -0.39 is 23.4 Å². The van der Waals surface area contributed by atoms with E-state index in [0.717, 1.165) is 74.3 Å². The van der Waals surface area contributed by atoms with Crippen molar-refractivity contribution in [1.29, 1.82) is 0 Å². The number of carboxylic acids is 1. The molecule has 2 aliphatic rings. The van der Waals surface area contributed by atoms with Crippen molar-refractivity contribution < 1.29 is 27.8 Å². The van der Waals surface area contributed by atoms with Gasteiger partial charge >= 0.3 is 12.1 Å². The smallest absolute Gasteiger partial charge is 0.434 e. The van der Waals surface area contributed by atoms with Crippen molar-refractivity contribution in [2.24, 2.45) is 0 Å². The number of fused-ring (bicyclic) bond motifs is 1. The number of carbonyl (C=O) groups is 1. The summed E-state index contributed by atoms with van der Waals surface area (Å²) in [6, 6.07) is 16.9. The van der Waals surface area contributed by atoms with Gasteiger partial charge in [0.1, 0.15) is 17.9 Å².